The Hall–Kier alpha value is -0.950. The van der Waals surface area contributed by atoms with Crippen molar-refractivity contribution in [2.75, 3.05) is 0 Å². The summed E-state index contributed by atoms with van der Waals surface area (Å²) < 4.78 is 0. The minimum atomic E-state index is -0.354. The van der Waals surface area contributed by atoms with E-state index in [4.69, 9.17) is 0 Å². The highest BCUT2D eigenvalue weighted by atomic mass is 16.1. The van der Waals surface area contributed by atoms with Crippen LogP contribution in [0.1, 0.15) is 32.6 Å². The summed E-state index contributed by atoms with van der Waals surface area (Å²) in [5.74, 6) is 0.206. The highest BCUT2D eigenvalue weighted by molar-refractivity contribution is 5.88. The molecule has 1 rings (SSSR count). The fraction of sp³-hybridized carbons (Fsp3) is 0.750. The van der Waals surface area contributed by atoms with Crippen molar-refractivity contribution in [2.45, 2.75) is 38.1 Å². The lowest BCUT2D eigenvalue weighted by molar-refractivity contribution is -0.128. The van der Waals surface area contributed by atoms with E-state index in [9.17, 15) is 9.59 Å². The number of hydrogen-bond acceptors (Lipinski definition) is 3. The molecule has 0 N–H and O–H groups in total. The third-order valence-corrected chi connectivity index (χ3v) is 2.05. The molecule has 11 heavy (non-hydrogen) atoms. The minimum absolute atomic E-state index is 0.206. The molecule has 0 aliphatic heterocycles. The predicted molar refractivity (Wildman–Crippen MR) is 40.0 cm³/mol. The van der Waals surface area contributed by atoms with E-state index >= 15 is 0 Å². The van der Waals surface area contributed by atoms with Gasteiger partial charge >= 0.3 is 0 Å². The molecule has 0 unspecified atom stereocenters. The van der Waals surface area contributed by atoms with Crippen LogP contribution in [0.4, 0.5) is 0 Å². The van der Waals surface area contributed by atoms with Crippen molar-refractivity contribution in [3.05, 3.63) is 0 Å². The quantitative estimate of drug-likeness (QED) is 0.452. The van der Waals surface area contributed by atoms with Crippen LogP contribution < -0.4 is 0 Å². The van der Waals surface area contributed by atoms with Crippen molar-refractivity contribution in [3.63, 3.8) is 0 Å². The molecule has 0 heterocycles. The Balaban J connectivity index is 2.59. The summed E-state index contributed by atoms with van der Waals surface area (Å²) in [6.45, 7) is 2.02. The van der Waals surface area contributed by atoms with Gasteiger partial charge in [-0.3, -0.25) is 4.79 Å². The molecule has 1 fully saturated rings. The van der Waals surface area contributed by atoms with Crippen molar-refractivity contribution in [3.8, 4) is 0 Å². The van der Waals surface area contributed by atoms with Gasteiger partial charge in [0.15, 0.2) is 0 Å². The van der Waals surface area contributed by atoms with Crippen LogP contribution in [0.2, 0.25) is 0 Å². The molecule has 0 aromatic rings. The highest BCUT2D eigenvalue weighted by Crippen LogP contribution is 2.36. The monoisotopic (exact) mass is 153 g/mol. The van der Waals surface area contributed by atoms with Crippen LogP contribution in [-0.4, -0.2) is 17.4 Å². The topological polar surface area (TPSA) is 46.5 Å². The molecule has 0 saturated heterocycles. The SMILES string of the molecule is CCCC1(N=C=O)CC(=O)C1. The maximum atomic E-state index is 10.7. The summed E-state index contributed by atoms with van der Waals surface area (Å²) in [4.78, 5) is 24.3. The number of carbonyl (C=O) groups excluding carboxylic acids is 2. The molecule has 1 aliphatic rings. The first-order valence-corrected chi connectivity index (χ1v) is 3.83. The zero-order valence-electron chi connectivity index (χ0n) is 6.59. The number of aliphatic imine (C=N–C) groups is 1. The molecule has 1 saturated carbocycles. The summed E-state index contributed by atoms with van der Waals surface area (Å²) >= 11 is 0. The summed E-state index contributed by atoms with van der Waals surface area (Å²) in [6.07, 6.45) is 4.20. The number of carbonyl (C=O) groups is 1. The third-order valence-electron chi connectivity index (χ3n) is 2.05. The van der Waals surface area contributed by atoms with E-state index in [-0.39, 0.29) is 11.3 Å². The second kappa shape index (κ2) is 2.97. The van der Waals surface area contributed by atoms with Crippen LogP contribution in [-0.2, 0) is 9.59 Å². The van der Waals surface area contributed by atoms with Crippen LogP contribution in [0.25, 0.3) is 0 Å². The number of hydrogen-bond donors (Lipinski definition) is 0. The van der Waals surface area contributed by atoms with Crippen LogP contribution in [0.5, 0.6) is 0 Å². The van der Waals surface area contributed by atoms with E-state index in [2.05, 4.69) is 4.99 Å². The van der Waals surface area contributed by atoms with Crippen molar-refractivity contribution in [2.24, 2.45) is 4.99 Å². The fourth-order valence-corrected chi connectivity index (χ4v) is 1.56. The molecule has 0 atom stereocenters. The average Bonchev–Trinajstić information content (AvgIpc) is 1.86. The molecule has 0 radical (unpaired) electrons. The molecule has 0 aromatic carbocycles. The molecule has 60 valence electrons. The van der Waals surface area contributed by atoms with E-state index in [0.717, 1.165) is 12.8 Å². The Morgan fingerprint density at radius 3 is 2.64 bits per heavy atom. The first-order chi connectivity index (χ1) is 5.22. The summed E-state index contributed by atoms with van der Waals surface area (Å²) in [5, 5.41) is 0. The smallest absolute Gasteiger partial charge is 0.235 e. The number of rotatable bonds is 3. The molecule has 0 aromatic heterocycles. The van der Waals surface area contributed by atoms with Gasteiger partial charge in [-0.05, 0) is 6.42 Å². The number of Topliss-reactive ketones (excluding diaryl/α,β-unsaturated/α-hetero) is 1. The van der Waals surface area contributed by atoms with Crippen molar-refractivity contribution in [1.29, 1.82) is 0 Å². The van der Waals surface area contributed by atoms with Crippen LogP contribution >= 0.6 is 0 Å². The van der Waals surface area contributed by atoms with Gasteiger partial charge < -0.3 is 0 Å². The van der Waals surface area contributed by atoms with Crippen molar-refractivity contribution in [1.82, 2.24) is 0 Å². The zero-order valence-corrected chi connectivity index (χ0v) is 6.59. The third kappa shape index (κ3) is 1.55. The molecular weight excluding hydrogens is 142 g/mol. The minimum Gasteiger partial charge on any atom is -0.300 e. The molecule has 3 heteroatoms. The maximum absolute atomic E-state index is 10.7. The maximum Gasteiger partial charge on any atom is 0.235 e. The number of isocyanates is 1. The summed E-state index contributed by atoms with van der Waals surface area (Å²) in [6, 6.07) is 0. The Morgan fingerprint density at radius 2 is 2.27 bits per heavy atom. The predicted octanol–water partition coefficient (Wildman–Crippen LogP) is 1.22. The van der Waals surface area contributed by atoms with Gasteiger partial charge in [-0.1, -0.05) is 13.3 Å². The summed E-state index contributed by atoms with van der Waals surface area (Å²) in [5.41, 5.74) is -0.354. The summed E-state index contributed by atoms with van der Waals surface area (Å²) in [7, 11) is 0. The average molecular weight is 153 g/mol. The van der Waals surface area contributed by atoms with E-state index in [1.165, 1.54) is 6.08 Å². The molecule has 0 spiro atoms. The molecule has 3 nitrogen and oxygen atoms in total. The van der Waals surface area contributed by atoms with Crippen molar-refractivity contribution < 1.29 is 9.59 Å². The second-order valence-corrected chi connectivity index (χ2v) is 3.07. The first-order valence-electron chi connectivity index (χ1n) is 3.83. The lowest BCUT2D eigenvalue weighted by Crippen LogP contribution is -2.42. The molecule has 0 bridgehead atoms. The standard InChI is InChI=1S/C8H11NO2/c1-2-3-8(9-6-10)4-7(11)5-8/h2-5H2,1H3. The van der Waals surface area contributed by atoms with Crippen LogP contribution in [0, 0.1) is 0 Å². The van der Waals surface area contributed by atoms with E-state index in [1.54, 1.807) is 0 Å². The fourth-order valence-electron chi connectivity index (χ4n) is 1.56. The lowest BCUT2D eigenvalue weighted by Gasteiger charge is -2.34. The van der Waals surface area contributed by atoms with Gasteiger partial charge in [0, 0.05) is 12.8 Å². The second-order valence-electron chi connectivity index (χ2n) is 3.07. The van der Waals surface area contributed by atoms with Crippen LogP contribution in [0.15, 0.2) is 4.99 Å². The normalized spacial score (nSPS) is 20.3. The molecular formula is C8H11NO2. The Labute approximate surface area is 65.5 Å². The first kappa shape index (κ1) is 8.15. The van der Waals surface area contributed by atoms with E-state index in [1.807, 2.05) is 6.92 Å². The lowest BCUT2D eigenvalue weighted by atomic mass is 9.73. The van der Waals surface area contributed by atoms with Crippen molar-refractivity contribution >= 4 is 11.9 Å². The largest absolute Gasteiger partial charge is 0.300 e. The highest BCUT2D eigenvalue weighted by Gasteiger charge is 2.42. The molecule has 0 amide bonds. The van der Waals surface area contributed by atoms with Gasteiger partial charge in [0.25, 0.3) is 0 Å². The van der Waals surface area contributed by atoms with Gasteiger partial charge in [0.2, 0.25) is 6.08 Å². The van der Waals surface area contributed by atoms with E-state index in [0.29, 0.717) is 12.8 Å². The van der Waals surface area contributed by atoms with Crippen LogP contribution in [0.3, 0.4) is 0 Å². The van der Waals surface area contributed by atoms with Gasteiger partial charge in [0.05, 0.1) is 5.54 Å². The van der Waals surface area contributed by atoms with Gasteiger partial charge in [-0.15, -0.1) is 0 Å². The van der Waals surface area contributed by atoms with Gasteiger partial charge in [0.1, 0.15) is 5.78 Å². The van der Waals surface area contributed by atoms with E-state index < -0.39 is 0 Å². The number of nitrogens with zero attached hydrogens (tertiary/aromatic N) is 1. The number of ketones is 1. The van der Waals surface area contributed by atoms with Gasteiger partial charge in [-0.2, -0.15) is 4.99 Å². The Morgan fingerprint density at radius 1 is 1.64 bits per heavy atom. The zero-order chi connectivity index (χ0) is 8.32. The molecule has 1 aliphatic carbocycles. The Bertz CT molecular complexity index is 208. The Kier molecular flexibility index (Phi) is 2.20. The van der Waals surface area contributed by atoms with Gasteiger partial charge in [-0.25, -0.2) is 4.79 Å².